The van der Waals surface area contributed by atoms with Gasteiger partial charge in [-0.05, 0) is 25.9 Å². The number of nitrogens with zero attached hydrogens (tertiary/aromatic N) is 1. The van der Waals surface area contributed by atoms with Crippen LogP contribution in [0.4, 0.5) is 8.78 Å². The lowest BCUT2D eigenvalue weighted by molar-refractivity contribution is -0.143. The number of hydrogen-bond donors (Lipinski definition) is 1. The number of likely N-dealkylation sites (tertiary alicyclic amines) is 1. The van der Waals surface area contributed by atoms with Crippen LogP contribution in [0.3, 0.4) is 0 Å². The van der Waals surface area contributed by atoms with Crippen LogP contribution in [0.25, 0.3) is 0 Å². The van der Waals surface area contributed by atoms with Crippen molar-refractivity contribution in [1.82, 2.24) is 4.90 Å². The first-order valence-electron chi connectivity index (χ1n) is 4.83. The first-order chi connectivity index (χ1) is 6.59. The fraction of sp³-hybridized carbons (Fsp3) is 0.889. The van der Waals surface area contributed by atoms with E-state index in [0.717, 1.165) is 0 Å². The van der Waals surface area contributed by atoms with Crippen LogP contribution in [0.5, 0.6) is 0 Å². The van der Waals surface area contributed by atoms with E-state index in [4.69, 9.17) is 5.11 Å². The van der Waals surface area contributed by atoms with Gasteiger partial charge >= 0.3 is 5.97 Å². The Morgan fingerprint density at radius 1 is 1.43 bits per heavy atom. The van der Waals surface area contributed by atoms with Crippen LogP contribution >= 0.6 is 0 Å². The highest BCUT2D eigenvalue weighted by molar-refractivity contribution is 5.70. The zero-order valence-electron chi connectivity index (χ0n) is 7.96. The highest BCUT2D eigenvalue weighted by Crippen LogP contribution is 2.17. The maximum absolute atomic E-state index is 11.9. The summed E-state index contributed by atoms with van der Waals surface area (Å²) in [5.41, 5.74) is 0. The summed E-state index contributed by atoms with van der Waals surface area (Å²) in [6.07, 6.45) is -1.21. The minimum Gasteiger partial charge on any atom is -0.481 e. The van der Waals surface area contributed by atoms with E-state index in [2.05, 4.69) is 0 Å². The Labute approximate surface area is 81.7 Å². The van der Waals surface area contributed by atoms with Crippen LogP contribution in [0, 0.1) is 5.92 Å². The van der Waals surface area contributed by atoms with Crippen LogP contribution in [0.15, 0.2) is 0 Å². The van der Waals surface area contributed by atoms with Gasteiger partial charge in [0.25, 0.3) is 0 Å². The fourth-order valence-electron chi connectivity index (χ4n) is 1.68. The van der Waals surface area contributed by atoms with Gasteiger partial charge in [0, 0.05) is 13.0 Å². The van der Waals surface area contributed by atoms with Crippen LogP contribution in [0.1, 0.15) is 19.3 Å². The normalized spacial score (nSPS) is 20.2. The predicted octanol–water partition coefficient (Wildman–Crippen LogP) is 1.44. The average Bonchev–Trinajstić information content (AvgIpc) is 2.15. The third kappa shape index (κ3) is 3.57. The van der Waals surface area contributed by atoms with E-state index in [9.17, 15) is 13.6 Å². The predicted molar refractivity (Wildman–Crippen MR) is 47.4 cm³/mol. The Balaban J connectivity index is 2.19. The van der Waals surface area contributed by atoms with Crippen molar-refractivity contribution in [2.45, 2.75) is 25.7 Å². The van der Waals surface area contributed by atoms with Gasteiger partial charge in [0.15, 0.2) is 0 Å². The largest absolute Gasteiger partial charge is 0.481 e. The number of carboxylic acids is 1. The van der Waals surface area contributed by atoms with E-state index in [0.29, 0.717) is 32.5 Å². The van der Waals surface area contributed by atoms with Gasteiger partial charge < -0.3 is 10.0 Å². The van der Waals surface area contributed by atoms with E-state index < -0.39 is 12.4 Å². The van der Waals surface area contributed by atoms with Gasteiger partial charge in [-0.1, -0.05) is 0 Å². The van der Waals surface area contributed by atoms with Gasteiger partial charge in [0.05, 0.1) is 5.92 Å². The standard InChI is InChI=1S/C9H15F2NO2/c10-8(11)3-6-12-4-1-7(2-5-12)9(13)14/h7-8H,1-6H2,(H,13,14). The minimum atomic E-state index is -2.26. The molecule has 0 bridgehead atoms. The monoisotopic (exact) mass is 207 g/mol. The summed E-state index contributed by atoms with van der Waals surface area (Å²) in [6, 6.07) is 0. The molecule has 5 heteroatoms. The molecule has 0 aromatic heterocycles. The molecule has 1 aliphatic heterocycles. The summed E-state index contributed by atoms with van der Waals surface area (Å²) in [4.78, 5) is 12.5. The highest BCUT2D eigenvalue weighted by atomic mass is 19.3. The summed E-state index contributed by atoms with van der Waals surface area (Å²) in [5, 5.41) is 8.70. The third-order valence-electron chi connectivity index (χ3n) is 2.60. The molecule has 1 aliphatic rings. The maximum atomic E-state index is 11.9. The third-order valence-corrected chi connectivity index (χ3v) is 2.60. The minimum absolute atomic E-state index is 0.113. The molecule has 0 unspecified atom stereocenters. The van der Waals surface area contributed by atoms with Crippen molar-refractivity contribution >= 4 is 5.97 Å². The molecule has 0 saturated carbocycles. The number of rotatable bonds is 4. The molecular weight excluding hydrogens is 192 g/mol. The lowest BCUT2D eigenvalue weighted by Gasteiger charge is -2.29. The van der Waals surface area contributed by atoms with E-state index in [1.807, 2.05) is 4.90 Å². The second-order valence-electron chi connectivity index (χ2n) is 3.63. The van der Waals surface area contributed by atoms with Crippen molar-refractivity contribution < 1.29 is 18.7 Å². The van der Waals surface area contributed by atoms with E-state index in [1.54, 1.807) is 0 Å². The molecule has 1 N–H and O–H groups in total. The van der Waals surface area contributed by atoms with E-state index >= 15 is 0 Å². The molecule has 0 aliphatic carbocycles. The van der Waals surface area contributed by atoms with Crippen molar-refractivity contribution in [2.24, 2.45) is 5.92 Å². The first kappa shape index (κ1) is 11.4. The lowest BCUT2D eigenvalue weighted by Crippen LogP contribution is -2.37. The molecule has 0 aromatic carbocycles. The molecule has 0 radical (unpaired) electrons. The molecule has 0 atom stereocenters. The first-order valence-corrected chi connectivity index (χ1v) is 4.83. The Bertz CT molecular complexity index is 191. The van der Waals surface area contributed by atoms with Gasteiger partial charge in [-0.3, -0.25) is 4.79 Å². The summed E-state index contributed by atoms with van der Waals surface area (Å²) >= 11 is 0. The molecule has 1 heterocycles. The quantitative estimate of drug-likeness (QED) is 0.758. The zero-order valence-corrected chi connectivity index (χ0v) is 7.96. The molecule has 82 valence electrons. The molecule has 14 heavy (non-hydrogen) atoms. The SMILES string of the molecule is O=C(O)C1CCN(CCC(F)F)CC1. The van der Waals surface area contributed by atoms with Crippen LogP contribution in [-0.4, -0.2) is 42.0 Å². The Morgan fingerprint density at radius 3 is 2.43 bits per heavy atom. The summed E-state index contributed by atoms with van der Waals surface area (Å²) in [7, 11) is 0. The Morgan fingerprint density at radius 2 is 2.00 bits per heavy atom. The average molecular weight is 207 g/mol. The van der Waals surface area contributed by atoms with Crippen LogP contribution in [-0.2, 0) is 4.79 Å². The van der Waals surface area contributed by atoms with E-state index in [-0.39, 0.29) is 12.3 Å². The molecule has 0 amide bonds. The second kappa shape index (κ2) is 5.24. The van der Waals surface area contributed by atoms with Gasteiger partial charge in [0.2, 0.25) is 6.43 Å². The number of aliphatic carboxylic acids is 1. The topological polar surface area (TPSA) is 40.5 Å². The van der Waals surface area contributed by atoms with Gasteiger partial charge in [-0.2, -0.15) is 0 Å². The summed E-state index contributed by atoms with van der Waals surface area (Å²) in [6.45, 7) is 1.64. The number of carboxylic acid groups (broad SMARTS) is 1. The molecular formula is C9H15F2NO2. The smallest absolute Gasteiger partial charge is 0.306 e. The lowest BCUT2D eigenvalue weighted by atomic mass is 9.97. The van der Waals surface area contributed by atoms with Gasteiger partial charge in [-0.25, -0.2) is 8.78 Å². The number of hydrogen-bond acceptors (Lipinski definition) is 2. The fourth-order valence-corrected chi connectivity index (χ4v) is 1.68. The maximum Gasteiger partial charge on any atom is 0.306 e. The molecule has 3 nitrogen and oxygen atoms in total. The van der Waals surface area contributed by atoms with Crippen molar-refractivity contribution in [1.29, 1.82) is 0 Å². The van der Waals surface area contributed by atoms with Crippen molar-refractivity contribution in [3.63, 3.8) is 0 Å². The summed E-state index contributed by atoms with van der Waals surface area (Å²) in [5.74, 6) is -1.05. The molecule has 1 fully saturated rings. The van der Waals surface area contributed by atoms with E-state index in [1.165, 1.54) is 0 Å². The van der Waals surface area contributed by atoms with Crippen LogP contribution in [0.2, 0.25) is 0 Å². The van der Waals surface area contributed by atoms with Crippen molar-refractivity contribution in [3.8, 4) is 0 Å². The van der Waals surface area contributed by atoms with Gasteiger partial charge in [0.1, 0.15) is 0 Å². The second-order valence-corrected chi connectivity index (χ2v) is 3.63. The van der Waals surface area contributed by atoms with Gasteiger partial charge in [-0.15, -0.1) is 0 Å². The molecule has 1 saturated heterocycles. The number of halogens is 2. The van der Waals surface area contributed by atoms with Crippen LogP contribution < -0.4 is 0 Å². The molecule has 1 rings (SSSR count). The highest BCUT2D eigenvalue weighted by Gasteiger charge is 2.24. The summed E-state index contributed by atoms with van der Waals surface area (Å²) < 4.78 is 23.7. The number of piperidine rings is 1. The van der Waals surface area contributed by atoms with Crippen molar-refractivity contribution in [2.75, 3.05) is 19.6 Å². The Hall–Kier alpha value is -0.710. The number of alkyl halides is 2. The molecule has 0 aromatic rings. The molecule has 0 spiro atoms. The Kier molecular flexibility index (Phi) is 4.25. The zero-order chi connectivity index (χ0) is 10.6. The van der Waals surface area contributed by atoms with Crippen molar-refractivity contribution in [3.05, 3.63) is 0 Å². The number of carbonyl (C=O) groups is 1.